The number of thiazole rings is 1. The molecule has 0 fully saturated rings. The molecule has 0 aliphatic heterocycles. The van der Waals surface area contributed by atoms with Gasteiger partial charge >= 0.3 is 0 Å². The van der Waals surface area contributed by atoms with Crippen molar-refractivity contribution >= 4 is 23.0 Å². The minimum atomic E-state index is -0.123. The molecular formula is C24H24N2O3S. The van der Waals surface area contributed by atoms with Crippen molar-refractivity contribution in [3.05, 3.63) is 70.2 Å². The molecule has 0 spiro atoms. The zero-order valence-electron chi connectivity index (χ0n) is 17.1. The lowest BCUT2D eigenvalue weighted by Gasteiger charge is -2.26. The van der Waals surface area contributed by atoms with Crippen LogP contribution in [0.25, 0.3) is 10.6 Å². The highest BCUT2D eigenvalue weighted by Crippen LogP contribution is 2.30. The number of nitrogens with zero attached hydrogens (tertiary/aromatic N) is 1. The van der Waals surface area contributed by atoms with E-state index in [4.69, 9.17) is 4.74 Å². The highest BCUT2D eigenvalue weighted by molar-refractivity contribution is 7.17. The number of aromatic nitrogens is 1. The van der Waals surface area contributed by atoms with Crippen molar-refractivity contribution in [2.75, 3.05) is 6.61 Å². The van der Waals surface area contributed by atoms with Crippen molar-refractivity contribution in [1.29, 1.82) is 0 Å². The molecule has 1 amide bonds. The first-order valence-corrected chi connectivity index (χ1v) is 10.9. The van der Waals surface area contributed by atoms with Crippen LogP contribution in [0.3, 0.4) is 0 Å². The molecule has 0 saturated heterocycles. The third-order valence-corrected chi connectivity index (χ3v) is 6.60. The number of hydrogen-bond donors (Lipinski definition) is 1. The van der Waals surface area contributed by atoms with Crippen LogP contribution in [0.1, 0.15) is 52.3 Å². The number of aryl methyl sites for hydroxylation is 2. The van der Waals surface area contributed by atoms with Gasteiger partial charge in [0.15, 0.2) is 12.4 Å². The Balaban J connectivity index is 1.35. The molecule has 1 heterocycles. The zero-order valence-corrected chi connectivity index (χ0v) is 17.9. The minimum absolute atomic E-state index is 0.0249. The Morgan fingerprint density at radius 1 is 1.17 bits per heavy atom. The van der Waals surface area contributed by atoms with Crippen LogP contribution in [0.15, 0.2) is 48.5 Å². The summed E-state index contributed by atoms with van der Waals surface area (Å²) in [6.45, 7) is 3.37. The second-order valence-electron chi connectivity index (χ2n) is 7.51. The lowest BCUT2D eigenvalue weighted by atomic mass is 9.88. The molecule has 30 heavy (non-hydrogen) atoms. The van der Waals surface area contributed by atoms with E-state index in [0.717, 1.165) is 35.5 Å². The summed E-state index contributed by atoms with van der Waals surface area (Å²) in [6.07, 6.45) is 3.09. The maximum Gasteiger partial charge on any atom is 0.258 e. The first-order chi connectivity index (χ1) is 14.5. The predicted octanol–water partition coefficient (Wildman–Crippen LogP) is 4.89. The van der Waals surface area contributed by atoms with Crippen LogP contribution >= 0.6 is 11.3 Å². The van der Waals surface area contributed by atoms with Gasteiger partial charge in [0.05, 0.1) is 16.6 Å². The lowest BCUT2D eigenvalue weighted by molar-refractivity contribution is -0.123. The van der Waals surface area contributed by atoms with Crippen LogP contribution in [0.2, 0.25) is 0 Å². The smallest absolute Gasteiger partial charge is 0.258 e. The molecule has 3 aromatic rings. The maximum absolute atomic E-state index is 12.4. The van der Waals surface area contributed by atoms with E-state index in [2.05, 4.69) is 22.4 Å². The molecule has 1 aliphatic rings. The number of carbonyl (C=O) groups is 2. The van der Waals surface area contributed by atoms with Crippen molar-refractivity contribution in [3.63, 3.8) is 0 Å². The van der Waals surface area contributed by atoms with Gasteiger partial charge in [0.1, 0.15) is 10.8 Å². The van der Waals surface area contributed by atoms with Crippen LogP contribution in [-0.2, 0) is 11.2 Å². The number of Topliss-reactive ketones (excluding diaryl/α,β-unsaturated/α-hetero) is 1. The molecule has 1 aromatic heterocycles. The number of benzene rings is 2. The van der Waals surface area contributed by atoms with E-state index in [9.17, 15) is 9.59 Å². The van der Waals surface area contributed by atoms with Gasteiger partial charge in [-0.2, -0.15) is 0 Å². The molecular weight excluding hydrogens is 396 g/mol. The van der Waals surface area contributed by atoms with E-state index < -0.39 is 0 Å². The van der Waals surface area contributed by atoms with Crippen LogP contribution in [-0.4, -0.2) is 23.3 Å². The van der Waals surface area contributed by atoms with Gasteiger partial charge < -0.3 is 10.1 Å². The SMILES string of the molecule is CC(=O)c1sc(-c2ccc(OCC(=O)N[C@@H]3CCCc4ccccc43)cc2)nc1C. The van der Waals surface area contributed by atoms with Gasteiger partial charge in [-0.25, -0.2) is 4.98 Å². The summed E-state index contributed by atoms with van der Waals surface area (Å²) in [4.78, 5) is 29.2. The van der Waals surface area contributed by atoms with E-state index in [1.807, 2.05) is 43.3 Å². The number of hydrogen-bond acceptors (Lipinski definition) is 5. The maximum atomic E-state index is 12.4. The first-order valence-electron chi connectivity index (χ1n) is 10.1. The van der Waals surface area contributed by atoms with Crippen molar-refractivity contribution in [1.82, 2.24) is 10.3 Å². The second-order valence-corrected chi connectivity index (χ2v) is 8.51. The minimum Gasteiger partial charge on any atom is -0.484 e. The summed E-state index contributed by atoms with van der Waals surface area (Å²) in [5.74, 6) is 0.531. The topological polar surface area (TPSA) is 68.3 Å². The fourth-order valence-corrected chi connectivity index (χ4v) is 4.80. The van der Waals surface area contributed by atoms with Crippen LogP contribution in [0.4, 0.5) is 0 Å². The monoisotopic (exact) mass is 420 g/mol. The summed E-state index contributed by atoms with van der Waals surface area (Å²) in [6, 6.07) is 15.8. The van der Waals surface area contributed by atoms with Gasteiger partial charge in [0.2, 0.25) is 0 Å². The molecule has 6 heteroatoms. The van der Waals surface area contributed by atoms with E-state index in [1.165, 1.54) is 22.5 Å². The molecule has 0 unspecified atom stereocenters. The first kappa shape index (κ1) is 20.3. The van der Waals surface area contributed by atoms with Crippen molar-refractivity contribution in [3.8, 4) is 16.3 Å². The molecule has 0 radical (unpaired) electrons. The van der Waals surface area contributed by atoms with Gasteiger partial charge in [0, 0.05) is 12.5 Å². The fourth-order valence-electron chi connectivity index (χ4n) is 3.83. The molecule has 4 rings (SSSR count). The lowest BCUT2D eigenvalue weighted by Crippen LogP contribution is -2.34. The Morgan fingerprint density at radius 2 is 1.93 bits per heavy atom. The van der Waals surface area contributed by atoms with E-state index in [-0.39, 0.29) is 24.3 Å². The highest BCUT2D eigenvalue weighted by atomic mass is 32.1. The van der Waals surface area contributed by atoms with E-state index in [1.54, 1.807) is 6.92 Å². The number of amides is 1. The molecule has 2 aromatic carbocycles. The summed E-state index contributed by atoms with van der Waals surface area (Å²) in [5, 5.41) is 3.90. The molecule has 0 bridgehead atoms. The Bertz CT molecular complexity index is 1070. The van der Waals surface area contributed by atoms with Crippen molar-refractivity contribution in [2.24, 2.45) is 0 Å². The number of nitrogens with one attached hydrogen (secondary N) is 1. The van der Waals surface area contributed by atoms with Crippen LogP contribution < -0.4 is 10.1 Å². The summed E-state index contributed by atoms with van der Waals surface area (Å²) < 4.78 is 5.67. The van der Waals surface area contributed by atoms with Crippen LogP contribution in [0, 0.1) is 6.92 Å². The predicted molar refractivity (Wildman–Crippen MR) is 118 cm³/mol. The van der Waals surface area contributed by atoms with Crippen LogP contribution in [0.5, 0.6) is 5.75 Å². The standard InChI is InChI=1S/C24H24N2O3S/c1-15-23(16(2)27)30-24(25-15)18-10-12-19(13-11-18)29-14-22(28)26-21-9-5-7-17-6-3-4-8-20(17)21/h3-4,6,8,10-13,21H,5,7,9,14H2,1-2H3,(H,26,28)/t21-/m1/s1. The molecule has 0 saturated carbocycles. The molecule has 5 nitrogen and oxygen atoms in total. The normalized spacial score (nSPS) is 15.3. The fraction of sp³-hybridized carbons (Fsp3) is 0.292. The summed E-state index contributed by atoms with van der Waals surface area (Å²) >= 11 is 1.39. The van der Waals surface area contributed by atoms with E-state index in [0.29, 0.717) is 10.6 Å². The van der Waals surface area contributed by atoms with Gasteiger partial charge in [-0.05, 0) is 61.6 Å². The Hall–Kier alpha value is -2.99. The number of carbonyl (C=O) groups excluding carboxylic acids is 2. The van der Waals surface area contributed by atoms with Gasteiger partial charge in [-0.15, -0.1) is 11.3 Å². The van der Waals surface area contributed by atoms with E-state index >= 15 is 0 Å². The zero-order chi connectivity index (χ0) is 21.1. The molecule has 1 atom stereocenters. The largest absolute Gasteiger partial charge is 0.484 e. The summed E-state index contributed by atoms with van der Waals surface area (Å²) in [5.41, 5.74) is 4.20. The van der Waals surface area contributed by atoms with Gasteiger partial charge in [-0.3, -0.25) is 9.59 Å². The Labute approximate surface area is 180 Å². The third-order valence-electron chi connectivity index (χ3n) is 5.29. The van der Waals surface area contributed by atoms with Crippen molar-refractivity contribution < 1.29 is 14.3 Å². The second kappa shape index (κ2) is 8.79. The molecule has 1 aliphatic carbocycles. The Morgan fingerprint density at radius 3 is 2.67 bits per heavy atom. The number of rotatable bonds is 6. The number of ether oxygens (including phenoxy) is 1. The van der Waals surface area contributed by atoms with Gasteiger partial charge in [-0.1, -0.05) is 24.3 Å². The van der Waals surface area contributed by atoms with Gasteiger partial charge in [0.25, 0.3) is 5.91 Å². The number of fused-ring (bicyclic) bond motifs is 1. The highest BCUT2D eigenvalue weighted by Gasteiger charge is 2.21. The quantitative estimate of drug-likeness (QED) is 0.576. The average Bonchev–Trinajstić information content (AvgIpc) is 3.15. The summed E-state index contributed by atoms with van der Waals surface area (Å²) in [7, 11) is 0. The third kappa shape index (κ3) is 4.44. The van der Waals surface area contributed by atoms with Crippen molar-refractivity contribution in [2.45, 2.75) is 39.2 Å². The molecule has 1 N–H and O–H groups in total. The molecule has 154 valence electrons. The Kier molecular flexibility index (Phi) is 5.95. The number of ketones is 1. The average molecular weight is 421 g/mol.